The Morgan fingerprint density at radius 2 is 1.62 bits per heavy atom. The minimum Gasteiger partial charge on any atom is -0.494 e. The molecule has 0 aliphatic rings. The van der Waals surface area contributed by atoms with Crippen molar-refractivity contribution in [1.29, 1.82) is 0 Å². The summed E-state index contributed by atoms with van der Waals surface area (Å²) in [5.41, 5.74) is 3.57. The summed E-state index contributed by atoms with van der Waals surface area (Å²) in [6.45, 7) is 2.41. The van der Waals surface area contributed by atoms with E-state index in [2.05, 4.69) is 10.5 Å². The lowest BCUT2D eigenvalue weighted by molar-refractivity contribution is 0.0734. The smallest absolute Gasteiger partial charge is 0.343 e. The van der Waals surface area contributed by atoms with Crippen molar-refractivity contribution in [3.8, 4) is 11.5 Å². The Hall–Kier alpha value is -4.52. The Balaban J connectivity index is 1.58. The summed E-state index contributed by atoms with van der Waals surface area (Å²) >= 11 is 0. The first-order valence-electron chi connectivity index (χ1n) is 10.6. The van der Waals surface area contributed by atoms with Gasteiger partial charge in [-0.05, 0) is 72.3 Å². The maximum Gasteiger partial charge on any atom is 0.343 e. The molecule has 6 nitrogen and oxygen atoms in total. The molecule has 0 spiro atoms. The van der Waals surface area contributed by atoms with Gasteiger partial charge in [0, 0.05) is 11.1 Å². The van der Waals surface area contributed by atoms with Crippen LogP contribution in [0.5, 0.6) is 11.5 Å². The second-order valence-electron chi connectivity index (χ2n) is 7.25. The largest absolute Gasteiger partial charge is 0.494 e. The van der Waals surface area contributed by atoms with Gasteiger partial charge in [-0.2, -0.15) is 5.10 Å². The van der Waals surface area contributed by atoms with Crippen LogP contribution in [0.3, 0.4) is 0 Å². The highest BCUT2D eigenvalue weighted by Gasteiger charge is 2.14. The zero-order chi connectivity index (χ0) is 23.9. The summed E-state index contributed by atoms with van der Waals surface area (Å²) < 4.78 is 24.2. The standard InChI is InChI=1S/C27H21FN2O4/c1-2-33-22-14-9-20(10-15-22)27(32)34-25-16-11-18-5-3-4-6-23(18)24(25)17-29-30-26(31)19-7-12-21(28)13-8-19/h3-17H,2H2,1H3,(H,30,31). The lowest BCUT2D eigenvalue weighted by Crippen LogP contribution is -2.17. The van der Waals surface area contributed by atoms with Crippen molar-refractivity contribution in [2.45, 2.75) is 6.92 Å². The highest BCUT2D eigenvalue weighted by molar-refractivity contribution is 6.04. The molecule has 0 radical (unpaired) electrons. The van der Waals surface area contributed by atoms with Gasteiger partial charge in [-0.3, -0.25) is 4.79 Å². The van der Waals surface area contributed by atoms with Gasteiger partial charge < -0.3 is 9.47 Å². The zero-order valence-electron chi connectivity index (χ0n) is 18.3. The quantitative estimate of drug-likeness (QED) is 0.176. The molecule has 1 N–H and O–H groups in total. The Labute approximate surface area is 195 Å². The van der Waals surface area contributed by atoms with E-state index >= 15 is 0 Å². The van der Waals surface area contributed by atoms with Gasteiger partial charge >= 0.3 is 5.97 Å². The summed E-state index contributed by atoms with van der Waals surface area (Å²) in [6, 6.07) is 22.8. The molecule has 0 aliphatic heterocycles. The van der Waals surface area contributed by atoms with E-state index in [0.717, 1.165) is 10.8 Å². The third-order valence-corrected chi connectivity index (χ3v) is 5.00. The van der Waals surface area contributed by atoms with Gasteiger partial charge in [0.15, 0.2) is 0 Å². The van der Waals surface area contributed by atoms with E-state index in [-0.39, 0.29) is 11.3 Å². The number of benzene rings is 4. The molecule has 170 valence electrons. The van der Waals surface area contributed by atoms with E-state index in [9.17, 15) is 14.0 Å². The van der Waals surface area contributed by atoms with Gasteiger partial charge in [0.1, 0.15) is 17.3 Å². The number of amides is 1. The van der Waals surface area contributed by atoms with E-state index < -0.39 is 17.7 Å². The molecule has 4 rings (SSSR count). The van der Waals surface area contributed by atoms with Gasteiger partial charge in [0.25, 0.3) is 5.91 Å². The molecule has 0 bridgehead atoms. The highest BCUT2D eigenvalue weighted by Crippen LogP contribution is 2.27. The van der Waals surface area contributed by atoms with Gasteiger partial charge in [-0.15, -0.1) is 0 Å². The molecule has 0 aromatic heterocycles. The molecule has 0 saturated heterocycles. The number of carbonyl (C=O) groups is 2. The topological polar surface area (TPSA) is 77.0 Å². The van der Waals surface area contributed by atoms with Crippen LogP contribution in [0.4, 0.5) is 4.39 Å². The first kappa shape index (κ1) is 22.7. The van der Waals surface area contributed by atoms with Crippen LogP contribution >= 0.6 is 0 Å². The number of halogens is 1. The van der Waals surface area contributed by atoms with E-state index in [1.807, 2.05) is 37.3 Å². The van der Waals surface area contributed by atoms with Crippen molar-refractivity contribution in [3.63, 3.8) is 0 Å². The number of fused-ring (bicyclic) bond motifs is 1. The van der Waals surface area contributed by atoms with Gasteiger partial charge in [0.2, 0.25) is 0 Å². The third-order valence-electron chi connectivity index (χ3n) is 5.00. The molecule has 1 amide bonds. The third kappa shape index (κ3) is 5.27. The van der Waals surface area contributed by atoms with Crippen LogP contribution in [0, 0.1) is 5.82 Å². The van der Waals surface area contributed by atoms with Crippen molar-refractivity contribution in [1.82, 2.24) is 5.43 Å². The maximum atomic E-state index is 13.1. The van der Waals surface area contributed by atoms with Crippen molar-refractivity contribution >= 4 is 28.9 Å². The number of hydrogen-bond donors (Lipinski definition) is 1. The van der Waals surface area contributed by atoms with E-state index in [4.69, 9.17) is 9.47 Å². The average molecular weight is 456 g/mol. The van der Waals surface area contributed by atoms with Gasteiger partial charge in [0.05, 0.1) is 18.4 Å². The number of hydrazone groups is 1. The first-order chi connectivity index (χ1) is 16.5. The molecule has 0 heterocycles. The monoisotopic (exact) mass is 456 g/mol. The molecule has 34 heavy (non-hydrogen) atoms. The lowest BCUT2D eigenvalue weighted by Gasteiger charge is -2.11. The van der Waals surface area contributed by atoms with E-state index in [1.54, 1.807) is 30.3 Å². The van der Waals surface area contributed by atoms with Gasteiger partial charge in [-0.1, -0.05) is 30.3 Å². The number of carbonyl (C=O) groups excluding carboxylic acids is 2. The Morgan fingerprint density at radius 1 is 0.912 bits per heavy atom. The molecule has 4 aromatic rings. The number of rotatable bonds is 7. The van der Waals surface area contributed by atoms with E-state index in [1.165, 1.54) is 30.5 Å². The molecular weight excluding hydrogens is 435 g/mol. The molecule has 0 saturated carbocycles. The summed E-state index contributed by atoms with van der Waals surface area (Å²) in [5.74, 6) is -0.519. The molecule has 7 heteroatoms. The highest BCUT2D eigenvalue weighted by atomic mass is 19.1. The fourth-order valence-corrected chi connectivity index (χ4v) is 3.33. The molecular formula is C27H21FN2O4. The Morgan fingerprint density at radius 3 is 2.35 bits per heavy atom. The normalized spacial score (nSPS) is 10.9. The van der Waals surface area contributed by atoms with Crippen LogP contribution in [0.2, 0.25) is 0 Å². The summed E-state index contributed by atoms with van der Waals surface area (Å²) in [4.78, 5) is 25.0. The Bertz CT molecular complexity index is 1350. The van der Waals surface area contributed by atoms with Crippen molar-refractivity contribution < 1.29 is 23.5 Å². The Kier molecular flexibility index (Phi) is 6.93. The fraction of sp³-hybridized carbons (Fsp3) is 0.0741. The summed E-state index contributed by atoms with van der Waals surface area (Å²) in [7, 11) is 0. The van der Waals surface area contributed by atoms with Crippen LogP contribution in [0.25, 0.3) is 10.8 Å². The van der Waals surface area contributed by atoms with Crippen LogP contribution in [-0.4, -0.2) is 24.7 Å². The van der Waals surface area contributed by atoms with Crippen molar-refractivity contribution in [3.05, 3.63) is 107 Å². The number of esters is 1. The van der Waals surface area contributed by atoms with Crippen LogP contribution < -0.4 is 14.9 Å². The minimum atomic E-state index is -0.539. The lowest BCUT2D eigenvalue weighted by atomic mass is 10.0. The van der Waals surface area contributed by atoms with Crippen LogP contribution in [0.1, 0.15) is 33.2 Å². The minimum absolute atomic E-state index is 0.263. The van der Waals surface area contributed by atoms with Crippen LogP contribution in [-0.2, 0) is 0 Å². The molecule has 0 unspecified atom stereocenters. The van der Waals surface area contributed by atoms with E-state index in [0.29, 0.717) is 23.5 Å². The first-order valence-corrected chi connectivity index (χ1v) is 10.6. The number of ether oxygens (including phenoxy) is 2. The predicted molar refractivity (Wildman–Crippen MR) is 128 cm³/mol. The second-order valence-corrected chi connectivity index (χ2v) is 7.25. The molecule has 0 fully saturated rings. The molecule has 0 atom stereocenters. The second kappa shape index (κ2) is 10.4. The predicted octanol–water partition coefficient (Wildman–Crippen LogP) is 5.36. The average Bonchev–Trinajstić information content (AvgIpc) is 2.86. The zero-order valence-corrected chi connectivity index (χ0v) is 18.3. The van der Waals surface area contributed by atoms with Gasteiger partial charge in [-0.25, -0.2) is 14.6 Å². The van der Waals surface area contributed by atoms with Crippen molar-refractivity contribution in [2.75, 3.05) is 6.61 Å². The number of hydrogen-bond acceptors (Lipinski definition) is 5. The summed E-state index contributed by atoms with van der Waals surface area (Å²) in [6.07, 6.45) is 1.42. The fourth-order valence-electron chi connectivity index (χ4n) is 3.33. The number of nitrogens with one attached hydrogen (secondary N) is 1. The van der Waals surface area contributed by atoms with Crippen molar-refractivity contribution in [2.24, 2.45) is 5.10 Å². The summed E-state index contributed by atoms with van der Waals surface area (Å²) in [5, 5.41) is 5.74. The number of nitrogens with zero attached hydrogens (tertiary/aromatic N) is 1. The molecule has 4 aromatic carbocycles. The SMILES string of the molecule is CCOc1ccc(C(=O)Oc2ccc3ccccc3c2C=NNC(=O)c2ccc(F)cc2)cc1. The maximum absolute atomic E-state index is 13.1. The molecule has 0 aliphatic carbocycles. The van der Waals surface area contributed by atoms with Crippen LogP contribution in [0.15, 0.2) is 90.0 Å².